The Morgan fingerprint density at radius 1 is 0.875 bits per heavy atom. The van der Waals surface area contributed by atoms with Gasteiger partial charge in [-0.1, -0.05) is 64.2 Å². The van der Waals surface area contributed by atoms with Crippen molar-refractivity contribution in [3.8, 4) is 0 Å². The fourth-order valence-electron chi connectivity index (χ4n) is 3.11. The third kappa shape index (κ3) is 7.33. The molecule has 4 N–H and O–H groups in total. The third-order valence-corrected chi connectivity index (χ3v) is 4.99. The second kappa shape index (κ2) is 11.6. The zero-order chi connectivity index (χ0) is 17.8. The molecule has 1 rings (SSSR count). The summed E-state index contributed by atoms with van der Waals surface area (Å²) in [5.74, 6) is 0. The predicted octanol–water partition coefficient (Wildman–Crippen LogP) is 3.77. The predicted molar refractivity (Wildman–Crippen MR) is 102 cm³/mol. The molecule has 0 saturated carbocycles. The van der Waals surface area contributed by atoms with Crippen molar-refractivity contribution < 1.29 is 10.2 Å². The summed E-state index contributed by atoms with van der Waals surface area (Å²) in [7, 11) is 0. The van der Waals surface area contributed by atoms with Crippen LogP contribution in [0.15, 0.2) is 18.2 Å². The highest BCUT2D eigenvalue weighted by molar-refractivity contribution is 5.32. The Morgan fingerprint density at radius 3 is 2.17 bits per heavy atom. The van der Waals surface area contributed by atoms with Crippen LogP contribution in [0.1, 0.15) is 75.5 Å². The Hall–Kier alpha value is -0.900. The van der Waals surface area contributed by atoms with Crippen molar-refractivity contribution in [2.75, 3.05) is 13.2 Å². The second-order valence-electron chi connectivity index (χ2n) is 7.15. The smallest absolute Gasteiger partial charge is 0.0633 e. The Labute approximate surface area is 148 Å². The molecule has 0 heterocycles. The molecule has 0 bridgehead atoms. The molecule has 0 atom stereocenters. The molecule has 0 aliphatic rings. The lowest BCUT2D eigenvalue weighted by Gasteiger charge is -2.25. The van der Waals surface area contributed by atoms with Gasteiger partial charge in [-0.2, -0.15) is 0 Å². The maximum atomic E-state index is 9.32. The van der Waals surface area contributed by atoms with E-state index >= 15 is 0 Å². The first-order chi connectivity index (χ1) is 11.6. The van der Waals surface area contributed by atoms with Gasteiger partial charge in [-0.05, 0) is 48.8 Å². The average Bonchev–Trinajstić information content (AvgIpc) is 2.62. The number of benzene rings is 1. The SMILES string of the molecule is CCCCCCCCc1ccc(CCC(N)(CO)CO)c(CC)c1. The summed E-state index contributed by atoms with van der Waals surface area (Å²) < 4.78 is 0. The van der Waals surface area contributed by atoms with Crippen LogP contribution >= 0.6 is 0 Å². The molecule has 3 nitrogen and oxygen atoms in total. The monoisotopic (exact) mass is 335 g/mol. The summed E-state index contributed by atoms with van der Waals surface area (Å²) in [5, 5.41) is 18.6. The largest absolute Gasteiger partial charge is 0.394 e. The van der Waals surface area contributed by atoms with Gasteiger partial charge in [0.05, 0.1) is 18.8 Å². The molecule has 0 spiro atoms. The fourth-order valence-corrected chi connectivity index (χ4v) is 3.11. The Balaban J connectivity index is 2.52. The van der Waals surface area contributed by atoms with Gasteiger partial charge >= 0.3 is 0 Å². The Bertz CT molecular complexity index is 455. The van der Waals surface area contributed by atoms with Gasteiger partial charge in [0.15, 0.2) is 0 Å². The third-order valence-electron chi connectivity index (χ3n) is 4.99. The van der Waals surface area contributed by atoms with Crippen LogP contribution in [-0.2, 0) is 19.3 Å². The first-order valence-corrected chi connectivity index (χ1v) is 9.69. The quantitative estimate of drug-likeness (QED) is 0.481. The molecule has 0 saturated heterocycles. The highest BCUT2D eigenvalue weighted by atomic mass is 16.3. The summed E-state index contributed by atoms with van der Waals surface area (Å²) in [6.07, 6.45) is 11.6. The summed E-state index contributed by atoms with van der Waals surface area (Å²) in [6, 6.07) is 6.77. The minimum Gasteiger partial charge on any atom is -0.394 e. The van der Waals surface area contributed by atoms with Gasteiger partial charge in [-0.25, -0.2) is 0 Å². The molecule has 0 fully saturated rings. The molecule has 1 aromatic rings. The van der Waals surface area contributed by atoms with E-state index in [1.54, 1.807) is 0 Å². The standard InChI is InChI=1S/C21H37NO2/c1-3-5-6-7-8-9-10-18-11-12-20(19(4-2)15-18)13-14-21(22,16-23)17-24/h11-12,15,23-24H,3-10,13-14,16-17,22H2,1-2H3. The molecule has 0 aromatic heterocycles. The van der Waals surface area contributed by atoms with E-state index in [0.29, 0.717) is 6.42 Å². The van der Waals surface area contributed by atoms with Gasteiger partial charge < -0.3 is 15.9 Å². The van der Waals surface area contributed by atoms with Gasteiger partial charge in [0, 0.05) is 0 Å². The highest BCUT2D eigenvalue weighted by Crippen LogP contribution is 2.19. The van der Waals surface area contributed by atoms with Crippen LogP contribution in [0.4, 0.5) is 0 Å². The molecular weight excluding hydrogens is 298 g/mol. The van der Waals surface area contributed by atoms with Crippen molar-refractivity contribution in [3.63, 3.8) is 0 Å². The normalized spacial score (nSPS) is 11.9. The van der Waals surface area contributed by atoms with Crippen LogP contribution in [0, 0.1) is 0 Å². The second-order valence-corrected chi connectivity index (χ2v) is 7.15. The van der Waals surface area contributed by atoms with E-state index in [9.17, 15) is 10.2 Å². The molecule has 0 aliphatic carbocycles. The molecular formula is C21H37NO2. The van der Waals surface area contributed by atoms with E-state index in [0.717, 1.165) is 19.3 Å². The minimum atomic E-state index is -0.873. The number of nitrogens with two attached hydrogens (primary N) is 1. The molecule has 0 amide bonds. The van der Waals surface area contributed by atoms with Gasteiger partial charge in [-0.15, -0.1) is 0 Å². The molecule has 0 aliphatic heterocycles. The molecule has 0 radical (unpaired) electrons. The van der Waals surface area contributed by atoms with Gasteiger partial charge in [0.25, 0.3) is 0 Å². The van der Waals surface area contributed by atoms with E-state index in [4.69, 9.17) is 5.73 Å². The number of rotatable bonds is 13. The van der Waals surface area contributed by atoms with E-state index in [-0.39, 0.29) is 13.2 Å². The Kier molecular flexibility index (Phi) is 10.2. The number of aliphatic hydroxyl groups is 2. The summed E-state index contributed by atoms with van der Waals surface area (Å²) in [5.41, 5.74) is 9.20. The van der Waals surface area contributed by atoms with Crippen molar-refractivity contribution >= 4 is 0 Å². The summed E-state index contributed by atoms with van der Waals surface area (Å²) >= 11 is 0. The maximum absolute atomic E-state index is 9.32. The fraction of sp³-hybridized carbons (Fsp3) is 0.714. The van der Waals surface area contributed by atoms with Crippen molar-refractivity contribution in [3.05, 3.63) is 34.9 Å². The molecule has 3 heteroatoms. The van der Waals surface area contributed by atoms with Crippen LogP contribution in [-0.4, -0.2) is 29.0 Å². The number of aryl methyl sites for hydroxylation is 3. The highest BCUT2D eigenvalue weighted by Gasteiger charge is 2.22. The van der Waals surface area contributed by atoms with E-state index < -0.39 is 5.54 Å². The Morgan fingerprint density at radius 2 is 1.54 bits per heavy atom. The van der Waals surface area contributed by atoms with Crippen LogP contribution in [0.25, 0.3) is 0 Å². The van der Waals surface area contributed by atoms with E-state index in [1.807, 2.05) is 0 Å². The summed E-state index contributed by atoms with van der Waals surface area (Å²) in [4.78, 5) is 0. The lowest BCUT2D eigenvalue weighted by atomic mass is 9.90. The van der Waals surface area contributed by atoms with Crippen LogP contribution in [0.3, 0.4) is 0 Å². The van der Waals surface area contributed by atoms with Crippen molar-refractivity contribution in [1.82, 2.24) is 0 Å². The van der Waals surface area contributed by atoms with E-state index in [1.165, 1.54) is 55.2 Å². The van der Waals surface area contributed by atoms with Crippen molar-refractivity contribution in [2.45, 2.75) is 83.6 Å². The number of hydrogen-bond donors (Lipinski definition) is 3. The number of aliphatic hydroxyl groups excluding tert-OH is 2. The average molecular weight is 336 g/mol. The lowest BCUT2D eigenvalue weighted by molar-refractivity contribution is 0.115. The number of unbranched alkanes of at least 4 members (excludes halogenated alkanes) is 5. The van der Waals surface area contributed by atoms with Crippen molar-refractivity contribution in [1.29, 1.82) is 0 Å². The first-order valence-electron chi connectivity index (χ1n) is 9.69. The zero-order valence-corrected chi connectivity index (χ0v) is 15.7. The molecule has 1 aromatic carbocycles. The molecule has 0 unspecified atom stereocenters. The minimum absolute atomic E-state index is 0.179. The topological polar surface area (TPSA) is 66.5 Å². The summed E-state index contributed by atoms with van der Waals surface area (Å²) in [6.45, 7) is 4.08. The first kappa shape index (κ1) is 21.1. The van der Waals surface area contributed by atoms with Crippen molar-refractivity contribution in [2.24, 2.45) is 5.73 Å². The van der Waals surface area contributed by atoms with Gasteiger partial charge in [0.1, 0.15) is 0 Å². The molecule has 138 valence electrons. The van der Waals surface area contributed by atoms with Crippen LogP contribution in [0.2, 0.25) is 0 Å². The van der Waals surface area contributed by atoms with E-state index in [2.05, 4.69) is 32.0 Å². The van der Waals surface area contributed by atoms with Crippen LogP contribution < -0.4 is 5.73 Å². The zero-order valence-electron chi connectivity index (χ0n) is 15.7. The lowest BCUT2D eigenvalue weighted by Crippen LogP contribution is -2.47. The van der Waals surface area contributed by atoms with Gasteiger partial charge in [0.2, 0.25) is 0 Å². The number of hydrogen-bond acceptors (Lipinski definition) is 3. The van der Waals surface area contributed by atoms with Gasteiger partial charge in [-0.3, -0.25) is 0 Å². The van der Waals surface area contributed by atoms with Crippen LogP contribution in [0.5, 0.6) is 0 Å². The maximum Gasteiger partial charge on any atom is 0.0633 e. The molecule has 24 heavy (non-hydrogen) atoms.